The molecule has 0 aliphatic rings. The standard InChI is InChI=1S/C15H21F3N4O2/c1-22(10-15(16,17)18)7-3-6-20-14(24)21-9-11-4-2-5-12(8-11)13(19)23/h2,4-5,8H,3,6-7,9-10H2,1H3,(H2,19,23)(H2,20,21,24). The predicted octanol–water partition coefficient (Wildman–Crippen LogP) is 1.47. The van der Waals surface area contributed by atoms with E-state index in [1.807, 2.05) is 0 Å². The summed E-state index contributed by atoms with van der Waals surface area (Å²) in [6.07, 6.45) is -3.82. The second kappa shape index (κ2) is 9.11. The maximum Gasteiger partial charge on any atom is 0.401 e. The number of nitrogens with one attached hydrogen (secondary N) is 2. The van der Waals surface area contributed by atoms with Gasteiger partial charge in [-0.25, -0.2) is 4.79 Å². The molecule has 0 fully saturated rings. The van der Waals surface area contributed by atoms with Crippen LogP contribution in [-0.4, -0.2) is 49.7 Å². The summed E-state index contributed by atoms with van der Waals surface area (Å²) in [6.45, 7) is -0.286. The number of urea groups is 1. The van der Waals surface area contributed by atoms with Gasteiger partial charge in [0.25, 0.3) is 0 Å². The fourth-order valence-corrected chi connectivity index (χ4v) is 2.02. The number of primary amides is 1. The molecule has 0 bridgehead atoms. The molecule has 0 spiro atoms. The second-order valence-electron chi connectivity index (χ2n) is 5.38. The zero-order valence-electron chi connectivity index (χ0n) is 13.3. The highest BCUT2D eigenvalue weighted by atomic mass is 19.4. The molecule has 0 atom stereocenters. The lowest BCUT2D eigenvalue weighted by atomic mass is 10.1. The van der Waals surface area contributed by atoms with E-state index in [0.717, 1.165) is 4.90 Å². The zero-order valence-corrected chi connectivity index (χ0v) is 13.3. The quantitative estimate of drug-likeness (QED) is 0.623. The van der Waals surface area contributed by atoms with Crippen LogP contribution < -0.4 is 16.4 Å². The van der Waals surface area contributed by atoms with E-state index in [1.165, 1.54) is 7.05 Å². The number of benzene rings is 1. The number of carbonyl (C=O) groups is 2. The average molecular weight is 346 g/mol. The molecule has 9 heteroatoms. The van der Waals surface area contributed by atoms with Gasteiger partial charge in [-0.3, -0.25) is 9.69 Å². The molecule has 0 saturated carbocycles. The number of nitrogens with zero attached hydrogens (tertiary/aromatic N) is 1. The van der Waals surface area contributed by atoms with E-state index in [2.05, 4.69) is 10.6 Å². The lowest BCUT2D eigenvalue weighted by Gasteiger charge is -2.18. The topological polar surface area (TPSA) is 87.5 Å². The first-order chi connectivity index (χ1) is 11.2. The highest BCUT2D eigenvalue weighted by Gasteiger charge is 2.28. The van der Waals surface area contributed by atoms with Crippen molar-refractivity contribution in [2.45, 2.75) is 19.1 Å². The maximum absolute atomic E-state index is 12.1. The minimum atomic E-state index is -4.22. The Labute approximate surface area is 138 Å². The summed E-state index contributed by atoms with van der Waals surface area (Å²) in [5, 5.41) is 5.15. The van der Waals surface area contributed by atoms with Crippen LogP contribution in [0.4, 0.5) is 18.0 Å². The molecule has 0 saturated heterocycles. The number of carbonyl (C=O) groups excluding carboxylic acids is 2. The molecular formula is C15H21F3N4O2. The molecule has 1 rings (SSSR count). The Kier molecular flexibility index (Phi) is 7.50. The van der Waals surface area contributed by atoms with E-state index in [4.69, 9.17) is 5.73 Å². The molecule has 3 amide bonds. The van der Waals surface area contributed by atoms with Gasteiger partial charge in [-0.15, -0.1) is 0 Å². The minimum absolute atomic E-state index is 0.209. The average Bonchev–Trinajstić information content (AvgIpc) is 2.48. The van der Waals surface area contributed by atoms with Gasteiger partial charge in [0.05, 0.1) is 6.54 Å². The molecule has 0 radical (unpaired) electrons. The molecule has 24 heavy (non-hydrogen) atoms. The highest BCUT2D eigenvalue weighted by Crippen LogP contribution is 2.15. The molecule has 6 nitrogen and oxygen atoms in total. The van der Waals surface area contributed by atoms with Crippen molar-refractivity contribution in [2.24, 2.45) is 5.73 Å². The van der Waals surface area contributed by atoms with E-state index in [9.17, 15) is 22.8 Å². The molecule has 1 aromatic carbocycles. The van der Waals surface area contributed by atoms with E-state index >= 15 is 0 Å². The first kappa shape index (κ1) is 19.8. The molecule has 1 aromatic rings. The van der Waals surface area contributed by atoms with Gasteiger partial charge in [0, 0.05) is 18.7 Å². The van der Waals surface area contributed by atoms with Crippen molar-refractivity contribution < 1.29 is 22.8 Å². The Hall–Kier alpha value is -2.29. The predicted molar refractivity (Wildman–Crippen MR) is 83.4 cm³/mol. The number of rotatable bonds is 8. The first-order valence-electron chi connectivity index (χ1n) is 7.33. The van der Waals surface area contributed by atoms with Crippen molar-refractivity contribution >= 4 is 11.9 Å². The normalized spacial score (nSPS) is 11.4. The SMILES string of the molecule is CN(CCCNC(=O)NCc1cccc(C(N)=O)c1)CC(F)(F)F. The third kappa shape index (κ3) is 8.37. The van der Waals surface area contributed by atoms with Crippen LogP contribution in [0.2, 0.25) is 0 Å². The van der Waals surface area contributed by atoms with Crippen molar-refractivity contribution in [3.63, 3.8) is 0 Å². The van der Waals surface area contributed by atoms with Gasteiger partial charge in [-0.2, -0.15) is 13.2 Å². The molecule has 0 aliphatic heterocycles. The summed E-state index contributed by atoms with van der Waals surface area (Å²) < 4.78 is 36.4. The Morgan fingerprint density at radius 2 is 1.96 bits per heavy atom. The van der Waals surface area contributed by atoms with E-state index in [1.54, 1.807) is 24.3 Å². The zero-order chi connectivity index (χ0) is 18.2. The Bertz CT molecular complexity index is 564. The largest absolute Gasteiger partial charge is 0.401 e. The lowest BCUT2D eigenvalue weighted by Crippen LogP contribution is -2.37. The van der Waals surface area contributed by atoms with Crippen molar-refractivity contribution in [1.82, 2.24) is 15.5 Å². The summed E-state index contributed by atoms with van der Waals surface area (Å²) in [7, 11) is 1.37. The second-order valence-corrected chi connectivity index (χ2v) is 5.38. The van der Waals surface area contributed by atoms with Crippen LogP contribution >= 0.6 is 0 Å². The summed E-state index contributed by atoms with van der Waals surface area (Å²) in [4.78, 5) is 23.8. The van der Waals surface area contributed by atoms with E-state index in [-0.39, 0.29) is 19.6 Å². The summed E-state index contributed by atoms with van der Waals surface area (Å²) in [5.41, 5.74) is 6.23. The van der Waals surface area contributed by atoms with Crippen LogP contribution in [-0.2, 0) is 6.54 Å². The number of amides is 3. The number of hydrogen-bond acceptors (Lipinski definition) is 3. The van der Waals surface area contributed by atoms with Gasteiger partial charge in [0.1, 0.15) is 0 Å². The van der Waals surface area contributed by atoms with Gasteiger partial charge in [0.15, 0.2) is 0 Å². The van der Waals surface area contributed by atoms with Crippen LogP contribution in [0.3, 0.4) is 0 Å². The molecule has 0 unspecified atom stereocenters. The third-order valence-corrected chi connectivity index (χ3v) is 3.12. The Morgan fingerprint density at radius 1 is 1.25 bits per heavy atom. The van der Waals surface area contributed by atoms with Crippen LogP contribution in [0.25, 0.3) is 0 Å². The number of hydrogen-bond donors (Lipinski definition) is 3. The van der Waals surface area contributed by atoms with Crippen LogP contribution in [0.15, 0.2) is 24.3 Å². The number of alkyl halides is 3. The lowest BCUT2D eigenvalue weighted by molar-refractivity contribution is -0.143. The molecular weight excluding hydrogens is 325 g/mol. The summed E-state index contributed by atoms with van der Waals surface area (Å²) in [6, 6.07) is 6.11. The fraction of sp³-hybridized carbons (Fsp3) is 0.467. The van der Waals surface area contributed by atoms with Gasteiger partial charge in [0.2, 0.25) is 5.91 Å². The first-order valence-corrected chi connectivity index (χ1v) is 7.33. The van der Waals surface area contributed by atoms with Crippen molar-refractivity contribution in [3.8, 4) is 0 Å². The van der Waals surface area contributed by atoms with E-state index in [0.29, 0.717) is 17.5 Å². The van der Waals surface area contributed by atoms with Gasteiger partial charge >= 0.3 is 12.2 Å². The fourth-order valence-electron chi connectivity index (χ4n) is 2.02. The van der Waals surface area contributed by atoms with Gasteiger partial charge in [-0.05, 0) is 37.7 Å². The van der Waals surface area contributed by atoms with Crippen molar-refractivity contribution in [2.75, 3.05) is 26.7 Å². The smallest absolute Gasteiger partial charge is 0.366 e. The molecule has 4 N–H and O–H groups in total. The van der Waals surface area contributed by atoms with Crippen LogP contribution in [0.1, 0.15) is 22.3 Å². The summed E-state index contributed by atoms with van der Waals surface area (Å²) in [5.74, 6) is -0.552. The Morgan fingerprint density at radius 3 is 2.58 bits per heavy atom. The van der Waals surface area contributed by atoms with Crippen LogP contribution in [0.5, 0.6) is 0 Å². The van der Waals surface area contributed by atoms with Crippen molar-refractivity contribution in [3.05, 3.63) is 35.4 Å². The van der Waals surface area contributed by atoms with E-state index < -0.39 is 24.7 Å². The molecule has 134 valence electrons. The van der Waals surface area contributed by atoms with Crippen molar-refractivity contribution in [1.29, 1.82) is 0 Å². The minimum Gasteiger partial charge on any atom is -0.366 e. The molecule has 0 heterocycles. The Balaban J connectivity index is 2.23. The number of nitrogens with two attached hydrogens (primary N) is 1. The third-order valence-electron chi connectivity index (χ3n) is 3.12. The van der Waals surface area contributed by atoms with Gasteiger partial charge in [-0.1, -0.05) is 12.1 Å². The monoisotopic (exact) mass is 346 g/mol. The van der Waals surface area contributed by atoms with Gasteiger partial charge < -0.3 is 16.4 Å². The molecule has 0 aliphatic carbocycles. The summed E-state index contributed by atoms with van der Waals surface area (Å²) >= 11 is 0. The number of halogens is 3. The molecule has 0 aromatic heterocycles. The maximum atomic E-state index is 12.1. The highest BCUT2D eigenvalue weighted by molar-refractivity contribution is 5.92. The van der Waals surface area contributed by atoms with Crippen LogP contribution in [0, 0.1) is 0 Å².